The summed E-state index contributed by atoms with van der Waals surface area (Å²) < 4.78 is 0. The number of aromatic nitrogens is 3. The van der Waals surface area contributed by atoms with Crippen molar-refractivity contribution in [3.8, 4) is 0 Å². The predicted molar refractivity (Wildman–Crippen MR) is 193 cm³/mol. The smallest absolute Gasteiger partial charge is 0.657 e. The van der Waals surface area contributed by atoms with Gasteiger partial charge in [-0.1, -0.05) is 145 Å². The third kappa shape index (κ3) is 5.52. The van der Waals surface area contributed by atoms with E-state index in [9.17, 15) is 0 Å². The number of hydrogen-bond acceptors (Lipinski definition) is 3. The van der Waals surface area contributed by atoms with Gasteiger partial charge in [0.15, 0.2) is 0 Å². The number of rotatable bonds is 4. The largest absolute Gasteiger partial charge is 2.00 e. The summed E-state index contributed by atoms with van der Waals surface area (Å²) in [5.74, 6) is 0.611. The van der Waals surface area contributed by atoms with Crippen LogP contribution in [0.25, 0.3) is 22.3 Å². The quantitative estimate of drug-likeness (QED) is 0.197. The Labute approximate surface area is 293 Å². The normalized spacial score (nSPS) is 15.0. The van der Waals surface area contributed by atoms with Gasteiger partial charge in [0.2, 0.25) is 0 Å². The van der Waals surface area contributed by atoms with Gasteiger partial charge < -0.3 is 15.0 Å². The van der Waals surface area contributed by atoms with E-state index in [-0.39, 0.29) is 16.5 Å². The van der Waals surface area contributed by atoms with Crippen molar-refractivity contribution < 1.29 is 16.5 Å². The van der Waals surface area contributed by atoms with E-state index < -0.39 is 0 Å². The second-order valence-electron chi connectivity index (χ2n) is 11.7. The number of benzene rings is 4. The van der Waals surface area contributed by atoms with Crippen LogP contribution in [0.4, 0.5) is 0 Å². The van der Waals surface area contributed by atoms with Crippen molar-refractivity contribution in [3.63, 3.8) is 0 Å². The van der Waals surface area contributed by atoms with Crippen LogP contribution in [0.3, 0.4) is 0 Å². The molecule has 49 heavy (non-hydrogen) atoms. The molecule has 6 aromatic rings. The SMILES string of the molecule is C1=CC2=C(c3ccccc3)c3c[n-]c(n3)C(c3ccccc3)=c3ccc([n-]3)=C(c3ccccc3)C3=NC(=C(c4ccccc4)C1=N2)C=C3.[Ni+2]. The first-order chi connectivity index (χ1) is 23.8. The van der Waals surface area contributed by atoms with Crippen molar-refractivity contribution in [2.75, 3.05) is 0 Å². The topological polar surface area (TPSA) is 65.8 Å². The van der Waals surface area contributed by atoms with Gasteiger partial charge in [-0.05, 0) is 63.4 Å². The van der Waals surface area contributed by atoms with E-state index in [1.54, 1.807) is 0 Å². The van der Waals surface area contributed by atoms with Gasteiger partial charge in [0.25, 0.3) is 0 Å². The third-order valence-electron chi connectivity index (χ3n) is 8.72. The molecule has 0 unspecified atom stereocenters. The molecule has 2 aromatic heterocycles. The van der Waals surface area contributed by atoms with Crippen LogP contribution in [0, 0.1) is 0 Å². The average Bonchev–Trinajstić information content (AvgIpc) is 3.98. The maximum absolute atomic E-state index is 5.30. The van der Waals surface area contributed by atoms with E-state index in [1.165, 1.54) is 0 Å². The zero-order valence-electron chi connectivity index (χ0n) is 26.1. The zero-order valence-corrected chi connectivity index (χ0v) is 27.1. The van der Waals surface area contributed by atoms with Crippen molar-refractivity contribution in [2.45, 2.75) is 0 Å². The number of allylic oxidation sites excluding steroid dienone is 5. The van der Waals surface area contributed by atoms with E-state index >= 15 is 0 Å². The van der Waals surface area contributed by atoms with E-state index in [1.807, 2.05) is 66.9 Å². The first-order valence-electron chi connectivity index (χ1n) is 15.9. The molecule has 0 spiro atoms. The van der Waals surface area contributed by atoms with Crippen LogP contribution in [0.2, 0.25) is 0 Å². The van der Waals surface area contributed by atoms with Crippen LogP contribution in [0.15, 0.2) is 185 Å². The summed E-state index contributed by atoms with van der Waals surface area (Å²) in [6.07, 6.45) is 10.2. The molecule has 0 N–H and O–H groups in total. The summed E-state index contributed by atoms with van der Waals surface area (Å²) in [6, 6.07) is 45.4. The van der Waals surface area contributed by atoms with Crippen LogP contribution in [0.1, 0.15) is 33.8 Å². The monoisotopic (exact) mass is 671 g/mol. The molecule has 5 heterocycles. The molecule has 0 radical (unpaired) electrons. The number of aliphatic imine (C=N–C) groups is 2. The first kappa shape index (κ1) is 30.3. The Morgan fingerprint density at radius 1 is 0.408 bits per heavy atom. The minimum atomic E-state index is 0. The summed E-state index contributed by atoms with van der Waals surface area (Å²) in [7, 11) is 0. The Morgan fingerprint density at radius 2 is 0.837 bits per heavy atom. The molecule has 5 nitrogen and oxygen atoms in total. The number of imidazole rings is 1. The molecule has 3 aliphatic heterocycles. The second-order valence-corrected chi connectivity index (χ2v) is 11.7. The molecule has 0 atom stereocenters. The molecule has 4 aromatic carbocycles. The maximum Gasteiger partial charge on any atom is 2.00 e. The fourth-order valence-corrected chi connectivity index (χ4v) is 6.55. The van der Waals surface area contributed by atoms with Crippen molar-refractivity contribution in [3.05, 3.63) is 220 Å². The van der Waals surface area contributed by atoms with Gasteiger partial charge in [0, 0.05) is 11.1 Å². The van der Waals surface area contributed by atoms with Crippen LogP contribution < -0.4 is 20.7 Å². The molecular weight excluding hydrogens is 645 g/mol. The first-order valence-corrected chi connectivity index (χ1v) is 15.9. The molecule has 0 amide bonds. The molecular formula is C43H27N5Ni. The molecule has 0 saturated heterocycles. The summed E-state index contributed by atoms with van der Waals surface area (Å²) >= 11 is 0. The van der Waals surface area contributed by atoms with Crippen molar-refractivity contribution in [1.82, 2.24) is 15.0 Å². The Kier molecular flexibility index (Phi) is 7.92. The Morgan fingerprint density at radius 3 is 1.39 bits per heavy atom. The molecule has 0 saturated carbocycles. The second kappa shape index (κ2) is 12.8. The summed E-state index contributed by atoms with van der Waals surface area (Å²) in [4.78, 5) is 26.0. The Balaban J connectivity index is 0.00000348. The molecule has 3 aliphatic rings. The minimum Gasteiger partial charge on any atom is -0.657 e. The fraction of sp³-hybridized carbons (Fsp3) is 0. The van der Waals surface area contributed by atoms with Gasteiger partial charge in [0.05, 0.1) is 22.8 Å². The fourth-order valence-electron chi connectivity index (χ4n) is 6.55. The molecule has 0 fully saturated rings. The van der Waals surface area contributed by atoms with Gasteiger partial charge in [0.1, 0.15) is 0 Å². The Hall–Kier alpha value is -6.10. The summed E-state index contributed by atoms with van der Waals surface area (Å²) in [5.41, 5.74) is 11.9. The molecule has 9 rings (SSSR count). The molecule has 8 bridgehead atoms. The van der Waals surface area contributed by atoms with Gasteiger partial charge in [-0.2, -0.15) is 0 Å². The standard InChI is InChI=1S/C43H27N5.Ni/c1-5-13-28(14-6-1)39-32-21-22-33(45-32)40(29-15-7-2-8-16-29)35-25-26-37(47-35)42(31-19-11-4-12-20-31)43-44-27-38(48-43)41(30-17-9-3-10-18-30)36-24-23-34(39)46-36;/h1-27H;/q-2;+2. The number of nitrogens with zero attached hydrogens (tertiary/aromatic N) is 5. The number of fused-ring (bicyclic) bond motifs is 6. The maximum atomic E-state index is 5.30. The van der Waals surface area contributed by atoms with Crippen LogP contribution in [0.5, 0.6) is 0 Å². The molecule has 234 valence electrons. The summed E-state index contributed by atoms with van der Waals surface area (Å²) in [5, 5.41) is 1.63. The van der Waals surface area contributed by atoms with Gasteiger partial charge >= 0.3 is 16.5 Å². The zero-order chi connectivity index (χ0) is 31.9. The van der Waals surface area contributed by atoms with E-state index in [4.69, 9.17) is 24.9 Å². The van der Waals surface area contributed by atoms with Crippen LogP contribution >= 0.6 is 0 Å². The summed E-state index contributed by atoms with van der Waals surface area (Å²) in [6.45, 7) is 0. The van der Waals surface area contributed by atoms with Gasteiger partial charge in [-0.3, -0.25) is 0 Å². The van der Waals surface area contributed by atoms with E-state index in [2.05, 4.69) is 97.1 Å². The minimum absolute atomic E-state index is 0. The van der Waals surface area contributed by atoms with Crippen LogP contribution in [-0.2, 0) is 16.5 Å². The van der Waals surface area contributed by atoms with Crippen molar-refractivity contribution in [1.29, 1.82) is 0 Å². The van der Waals surface area contributed by atoms with E-state index in [0.29, 0.717) is 5.82 Å². The van der Waals surface area contributed by atoms with Crippen molar-refractivity contribution >= 4 is 33.7 Å². The van der Waals surface area contributed by atoms with Gasteiger partial charge in [-0.25, -0.2) is 9.98 Å². The third-order valence-corrected chi connectivity index (χ3v) is 8.72. The van der Waals surface area contributed by atoms with Crippen LogP contribution in [-0.4, -0.2) is 16.4 Å². The van der Waals surface area contributed by atoms with Crippen molar-refractivity contribution in [2.24, 2.45) is 9.98 Å². The molecule has 6 heteroatoms. The number of hydrogen-bond donors (Lipinski definition) is 0. The average molecular weight is 672 g/mol. The van der Waals surface area contributed by atoms with E-state index in [0.717, 1.165) is 83.8 Å². The predicted octanol–water partition coefficient (Wildman–Crippen LogP) is 6.65. The molecule has 0 aliphatic carbocycles. The Bertz CT molecular complexity index is 2510. The van der Waals surface area contributed by atoms with Gasteiger partial charge in [-0.15, -0.1) is 10.7 Å².